The Bertz CT molecular complexity index is 1750. The molecule has 2 amide bonds. The molecule has 0 aliphatic rings. The Hall–Kier alpha value is -5.59. The lowest BCUT2D eigenvalue weighted by atomic mass is 10.0. The largest absolute Gasteiger partial charge is 0.424 e. The molecule has 0 fully saturated rings. The highest BCUT2D eigenvalue weighted by atomic mass is 19.4. The van der Waals surface area contributed by atoms with Crippen LogP contribution < -0.4 is 21.1 Å². The highest BCUT2D eigenvalue weighted by molar-refractivity contribution is 6.02. The first-order chi connectivity index (χ1) is 20.6. The number of nitrogens with two attached hydrogens (primary N) is 1. The highest BCUT2D eigenvalue weighted by Gasteiger charge is 2.31. The number of anilines is 3. The molecule has 4 N–H and O–H groups in total. The van der Waals surface area contributed by atoms with E-state index in [0.717, 1.165) is 24.0 Å². The van der Waals surface area contributed by atoms with Gasteiger partial charge >= 0.3 is 18.2 Å². The molecule has 218 valence electrons. The summed E-state index contributed by atoms with van der Waals surface area (Å²) in [5.74, 6) is 0.0377. The first-order valence-corrected chi connectivity index (χ1v) is 12.8. The molecule has 0 unspecified atom stereocenters. The van der Waals surface area contributed by atoms with Gasteiger partial charge in [-0.25, -0.2) is 24.1 Å². The van der Waals surface area contributed by atoms with Crippen LogP contribution in [0.2, 0.25) is 0 Å². The standard InChI is InChI=1S/C30H23F4N7O2/c1-2-21-7-3-18(13-36-21)24-10-6-19(30(32,33)34)11-26(24)41-28(42)40-22-15-38-29(39-16-22)43-23-8-4-17(5-9-23)25-12-20(31)14-37-27(25)35/h3-16H,2H2,1H3,(H2,35,37)(H2,40,41,42). The van der Waals surface area contributed by atoms with Gasteiger partial charge in [-0.15, -0.1) is 0 Å². The summed E-state index contributed by atoms with van der Waals surface area (Å²) in [7, 11) is 0. The molecule has 5 rings (SSSR count). The van der Waals surface area contributed by atoms with E-state index in [1.54, 1.807) is 42.6 Å². The number of aryl methyl sites for hydroxylation is 1. The number of carbonyl (C=O) groups is 1. The summed E-state index contributed by atoms with van der Waals surface area (Å²) in [5, 5.41) is 4.97. The van der Waals surface area contributed by atoms with E-state index < -0.39 is 23.6 Å². The van der Waals surface area contributed by atoms with Crippen molar-refractivity contribution in [3.05, 3.63) is 103 Å². The molecule has 0 saturated carbocycles. The first kappa shape index (κ1) is 28.9. The van der Waals surface area contributed by atoms with Crippen LogP contribution in [0, 0.1) is 5.82 Å². The SMILES string of the molecule is CCc1ccc(-c2ccc(C(F)(F)F)cc2NC(=O)Nc2cnc(Oc3ccc(-c4cc(F)cnc4N)cc3)nc2)cn1. The molecule has 3 aromatic heterocycles. The van der Waals surface area contributed by atoms with E-state index in [9.17, 15) is 22.4 Å². The van der Waals surface area contributed by atoms with Gasteiger partial charge < -0.3 is 21.1 Å². The number of halogens is 4. The van der Waals surface area contributed by atoms with Gasteiger partial charge in [0.2, 0.25) is 0 Å². The average molecular weight is 590 g/mol. The number of hydrogen-bond acceptors (Lipinski definition) is 7. The second-order valence-electron chi connectivity index (χ2n) is 9.20. The zero-order valence-electron chi connectivity index (χ0n) is 22.5. The number of carbonyl (C=O) groups excluding carboxylic acids is 1. The lowest BCUT2D eigenvalue weighted by Crippen LogP contribution is -2.20. The van der Waals surface area contributed by atoms with Crippen molar-refractivity contribution in [2.24, 2.45) is 0 Å². The van der Waals surface area contributed by atoms with Crippen LogP contribution in [0.15, 0.2) is 85.5 Å². The maximum atomic E-state index is 13.6. The molecule has 0 spiro atoms. The fourth-order valence-electron chi connectivity index (χ4n) is 4.08. The number of nitrogens with zero attached hydrogens (tertiary/aromatic N) is 4. The van der Waals surface area contributed by atoms with Crippen LogP contribution >= 0.6 is 0 Å². The molecule has 0 bridgehead atoms. The molecule has 0 aliphatic carbocycles. The van der Waals surface area contributed by atoms with Crippen molar-refractivity contribution in [2.75, 3.05) is 16.4 Å². The van der Waals surface area contributed by atoms with E-state index >= 15 is 0 Å². The van der Waals surface area contributed by atoms with Crippen molar-refractivity contribution >= 4 is 23.2 Å². The van der Waals surface area contributed by atoms with E-state index in [1.807, 2.05) is 6.92 Å². The Morgan fingerprint density at radius 3 is 2.21 bits per heavy atom. The quantitative estimate of drug-likeness (QED) is 0.170. The Balaban J connectivity index is 1.27. The summed E-state index contributed by atoms with van der Waals surface area (Å²) in [6, 6.07) is 13.6. The topological polar surface area (TPSA) is 128 Å². The Kier molecular flexibility index (Phi) is 8.14. The summed E-state index contributed by atoms with van der Waals surface area (Å²) in [4.78, 5) is 29.0. The summed E-state index contributed by atoms with van der Waals surface area (Å²) in [6.07, 6.45) is 1.21. The van der Waals surface area contributed by atoms with Gasteiger partial charge in [-0.3, -0.25) is 4.98 Å². The van der Waals surface area contributed by atoms with Crippen molar-refractivity contribution < 1.29 is 27.1 Å². The van der Waals surface area contributed by atoms with Crippen molar-refractivity contribution in [1.29, 1.82) is 0 Å². The summed E-state index contributed by atoms with van der Waals surface area (Å²) in [5.41, 5.74) is 7.79. The monoisotopic (exact) mass is 589 g/mol. The number of rotatable bonds is 7. The van der Waals surface area contributed by atoms with Gasteiger partial charge in [0.1, 0.15) is 17.4 Å². The number of amides is 2. The molecule has 43 heavy (non-hydrogen) atoms. The van der Waals surface area contributed by atoms with Gasteiger partial charge in [0.15, 0.2) is 0 Å². The van der Waals surface area contributed by atoms with E-state index in [-0.39, 0.29) is 23.2 Å². The molecule has 0 atom stereocenters. The number of nitrogens with one attached hydrogen (secondary N) is 2. The number of ether oxygens (including phenoxy) is 1. The number of nitrogen functional groups attached to an aromatic ring is 1. The third-order valence-corrected chi connectivity index (χ3v) is 6.24. The third-order valence-electron chi connectivity index (χ3n) is 6.24. The molecule has 2 aromatic carbocycles. The van der Waals surface area contributed by atoms with E-state index in [0.29, 0.717) is 34.4 Å². The van der Waals surface area contributed by atoms with E-state index in [2.05, 4.69) is 30.6 Å². The number of alkyl halides is 3. The Labute approximate surface area is 242 Å². The van der Waals surface area contributed by atoms with Crippen molar-refractivity contribution in [2.45, 2.75) is 19.5 Å². The van der Waals surface area contributed by atoms with E-state index in [4.69, 9.17) is 10.5 Å². The van der Waals surface area contributed by atoms with Crippen LogP contribution in [-0.2, 0) is 12.6 Å². The van der Waals surface area contributed by atoms with Crippen LogP contribution in [0.3, 0.4) is 0 Å². The number of pyridine rings is 2. The van der Waals surface area contributed by atoms with Crippen LogP contribution in [0.5, 0.6) is 11.8 Å². The molecular weight excluding hydrogens is 566 g/mol. The minimum absolute atomic E-state index is 0.0335. The van der Waals surface area contributed by atoms with Gasteiger partial charge in [-0.2, -0.15) is 13.2 Å². The van der Waals surface area contributed by atoms with Gasteiger partial charge in [0, 0.05) is 28.6 Å². The minimum Gasteiger partial charge on any atom is -0.424 e. The maximum absolute atomic E-state index is 13.6. The summed E-state index contributed by atoms with van der Waals surface area (Å²) in [6.45, 7) is 1.93. The van der Waals surface area contributed by atoms with Crippen LogP contribution in [0.4, 0.5) is 39.5 Å². The van der Waals surface area contributed by atoms with E-state index in [1.165, 1.54) is 24.5 Å². The molecule has 0 aliphatic heterocycles. The molecule has 13 heteroatoms. The number of benzene rings is 2. The molecule has 3 heterocycles. The van der Waals surface area contributed by atoms with Crippen LogP contribution in [0.1, 0.15) is 18.2 Å². The predicted molar refractivity (Wildman–Crippen MR) is 153 cm³/mol. The van der Waals surface area contributed by atoms with Crippen molar-refractivity contribution in [1.82, 2.24) is 19.9 Å². The molecule has 9 nitrogen and oxygen atoms in total. The second kappa shape index (κ2) is 12.1. The van der Waals surface area contributed by atoms with Gasteiger partial charge in [-0.05, 0) is 48.4 Å². The summed E-state index contributed by atoms with van der Waals surface area (Å²) >= 11 is 0. The number of aromatic nitrogens is 4. The lowest BCUT2D eigenvalue weighted by Gasteiger charge is -2.15. The lowest BCUT2D eigenvalue weighted by molar-refractivity contribution is -0.137. The fourth-order valence-corrected chi connectivity index (χ4v) is 4.08. The van der Waals surface area contributed by atoms with Crippen LogP contribution in [-0.4, -0.2) is 26.0 Å². The molecular formula is C30H23F4N7O2. The number of urea groups is 1. The third kappa shape index (κ3) is 7.01. The Morgan fingerprint density at radius 2 is 1.56 bits per heavy atom. The fraction of sp³-hybridized carbons (Fsp3) is 0.100. The number of hydrogen-bond donors (Lipinski definition) is 3. The van der Waals surface area contributed by atoms with Crippen molar-refractivity contribution in [3.8, 4) is 34.0 Å². The highest BCUT2D eigenvalue weighted by Crippen LogP contribution is 2.36. The maximum Gasteiger partial charge on any atom is 0.416 e. The zero-order chi connectivity index (χ0) is 30.6. The average Bonchev–Trinajstić information content (AvgIpc) is 2.99. The van der Waals surface area contributed by atoms with Crippen LogP contribution in [0.25, 0.3) is 22.3 Å². The molecule has 0 radical (unpaired) electrons. The van der Waals surface area contributed by atoms with Gasteiger partial charge in [0.25, 0.3) is 0 Å². The normalized spacial score (nSPS) is 11.2. The van der Waals surface area contributed by atoms with Gasteiger partial charge in [-0.1, -0.05) is 31.2 Å². The Morgan fingerprint density at radius 1 is 0.837 bits per heavy atom. The second-order valence-corrected chi connectivity index (χ2v) is 9.20. The molecule has 5 aromatic rings. The summed E-state index contributed by atoms with van der Waals surface area (Å²) < 4.78 is 59.4. The smallest absolute Gasteiger partial charge is 0.416 e. The van der Waals surface area contributed by atoms with Crippen molar-refractivity contribution in [3.63, 3.8) is 0 Å². The zero-order valence-corrected chi connectivity index (χ0v) is 22.5. The molecule has 0 saturated heterocycles. The first-order valence-electron chi connectivity index (χ1n) is 12.8. The minimum atomic E-state index is -4.61. The predicted octanol–water partition coefficient (Wildman–Crippen LogP) is 7.34. The van der Waals surface area contributed by atoms with Gasteiger partial charge in [0.05, 0.1) is 35.5 Å².